The van der Waals surface area contributed by atoms with Crippen LogP contribution in [0.3, 0.4) is 0 Å². The molecule has 0 radical (unpaired) electrons. The van der Waals surface area contributed by atoms with Gasteiger partial charge in [0.2, 0.25) is 0 Å². The number of benzene rings is 1. The molecule has 7 heteroatoms. The summed E-state index contributed by atoms with van der Waals surface area (Å²) in [6.07, 6.45) is -0.900. The molecular weight excluding hydrogens is 416 g/mol. The molecule has 0 bridgehead atoms. The third-order valence-corrected chi connectivity index (χ3v) is 6.22. The Morgan fingerprint density at radius 2 is 1.93 bits per heavy atom. The largest absolute Gasteiger partial charge is 0.466 e. The van der Waals surface area contributed by atoms with Crippen LogP contribution in [0.5, 0.6) is 0 Å². The lowest BCUT2D eigenvalue weighted by Crippen LogP contribution is -2.50. The van der Waals surface area contributed by atoms with Crippen molar-refractivity contribution in [1.29, 1.82) is 0 Å². The molecule has 1 heterocycles. The molecule has 0 aromatic heterocycles. The van der Waals surface area contributed by atoms with E-state index in [0.717, 1.165) is 0 Å². The number of aliphatic hydroxyl groups excluding tert-OH is 1. The highest BCUT2D eigenvalue weighted by atomic mass is 79.9. The van der Waals surface area contributed by atoms with Crippen molar-refractivity contribution < 1.29 is 28.9 Å². The summed E-state index contributed by atoms with van der Waals surface area (Å²) >= 11 is 3.31. The second-order valence-corrected chi connectivity index (χ2v) is 7.78. The molecule has 27 heavy (non-hydrogen) atoms. The highest BCUT2D eigenvalue weighted by Crippen LogP contribution is 2.52. The van der Waals surface area contributed by atoms with Crippen molar-refractivity contribution >= 4 is 27.9 Å². The molecular formula is C20H25BrO6. The average molecular weight is 441 g/mol. The third kappa shape index (κ3) is 4.20. The lowest BCUT2D eigenvalue weighted by molar-refractivity contribution is -0.156. The van der Waals surface area contributed by atoms with E-state index in [9.17, 15) is 14.7 Å². The smallest absolute Gasteiger partial charge is 0.338 e. The number of esters is 2. The number of halogens is 1. The maximum atomic E-state index is 12.6. The second-order valence-electron chi connectivity index (χ2n) is 7.13. The first-order valence-electron chi connectivity index (χ1n) is 9.27. The molecule has 7 atom stereocenters. The van der Waals surface area contributed by atoms with E-state index in [1.807, 2.05) is 13.0 Å². The molecule has 148 valence electrons. The van der Waals surface area contributed by atoms with Crippen LogP contribution in [0.2, 0.25) is 0 Å². The van der Waals surface area contributed by atoms with Gasteiger partial charge in [-0.2, -0.15) is 0 Å². The van der Waals surface area contributed by atoms with E-state index < -0.39 is 18.0 Å². The van der Waals surface area contributed by atoms with Crippen molar-refractivity contribution in [2.45, 2.75) is 32.2 Å². The number of rotatable bonds is 7. The molecule has 3 rings (SSSR count). The van der Waals surface area contributed by atoms with Crippen LogP contribution < -0.4 is 0 Å². The minimum Gasteiger partial charge on any atom is -0.466 e. The van der Waals surface area contributed by atoms with E-state index in [0.29, 0.717) is 10.9 Å². The summed E-state index contributed by atoms with van der Waals surface area (Å²) in [6.45, 7) is 4.02. The van der Waals surface area contributed by atoms with E-state index >= 15 is 0 Å². The fourth-order valence-corrected chi connectivity index (χ4v) is 4.66. The predicted octanol–water partition coefficient (Wildman–Crippen LogP) is 2.43. The van der Waals surface area contributed by atoms with Gasteiger partial charge in [0, 0.05) is 17.2 Å². The number of fused-ring (bicyclic) bond motifs is 1. The number of hydrogen-bond acceptors (Lipinski definition) is 6. The van der Waals surface area contributed by atoms with Gasteiger partial charge in [-0.3, -0.25) is 4.79 Å². The molecule has 1 N–H and O–H groups in total. The minimum atomic E-state index is -0.704. The Kier molecular flexibility index (Phi) is 6.55. The second kappa shape index (κ2) is 8.71. The van der Waals surface area contributed by atoms with Crippen molar-refractivity contribution in [1.82, 2.24) is 0 Å². The quantitative estimate of drug-likeness (QED) is 0.398. The zero-order valence-corrected chi connectivity index (χ0v) is 17.0. The van der Waals surface area contributed by atoms with Crippen LogP contribution in [0.4, 0.5) is 0 Å². The fourth-order valence-electron chi connectivity index (χ4n) is 4.23. The number of epoxide rings is 1. The number of alkyl halides is 1. The minimum absolute atomic E-state index is 0.0306. The summed E-state index contributed by atoms with van der Waals surface area (Å²) in [7, 11) is 0. The van der Waals surface area contributed by atoms with E-state index in [1.165, 1.54) is 0 Å². The molecule has 2 aliphatic rings. The van der Waals surface area contributed by atoms with Crippen LogP contribution in [-0.4, -0.2) is 53.9 Å². The Hall–Kier alpha value is -1.44. The van der Waals surface area contributed by atoms with Gasteiger partial charge in [-0.15, -0.1) is 0 Å². The van der Waals surface area contributed by atoms with E-state index in [4.69, 9.17) is 14.2 Å². The first-order valence-corrected chi connectivity index (χ1v) is 10.4. The molecule has 6 nitrogen and oxygen atoms in total. The molecule has 1 aliphatic heterocycles. The van der Waals surface area contributed by atoms with Crippen molar-refractivity contribution in [2.24, 2.45) is 23.7 Å². The van der Waals surface area contributed by atoms with Crippen molar-refractivity contribution in [3.8, 4) is 0 Å². The zero-order chi connectivity index (χ0) is 19.6. The van der Waals surface area contributed by atoms with Gasteiger partial charge in [0.15, 0.2) is 0 Å². The van der Waals surface area contributed by atoms with Gasteiger partial charge in [0.25, 0.3) is 0 Å². The van der Waals surface area contributed by atoms with Gasteiger partial charge in [-0.1, -0.05) is 41.1 Å². The van der Waals surface area contributed by atoms with Gasteiger partial charge in [0.1, 0.15) is 0 Å². The number of carbonyl (C=O) groups is 2. The SMILES string of the molecule is CCOC(=O)[C@@H]1[C@H](C)[C@@H]2O[C@@H]2[C@@H]([C@@H](O)CBr)[C@H]1COC(=O)c1ccccc1. The Labute approximate surface area is 167 Å². The first-order chi connectivity index (χ1) is 13.0. The van der Waals surface area contributed by atoms with Crippen molar-refractivity contribution in [3.05, 3.63) is 35.9 Å². The summed E-state index contributed by atoms with van der Waals surface area (Å²) in [4.78, 5) is 25.0. The molecule has 0 unspecified atom stereocenters. The average Bonchev–Trinajstić information content (AvgIpc) is 3.47. The fraction of sp³-hybridized carbons (Fsp3) is 0.600. The summed E-state index contributed by atoms with van der Waals surface area (Å²) < 4.78 is 16.6. The Bertz CT molecular complexity index is 666. The topological polar surface area (TPSA) is 85.4 Å². The number of carbonyl (C=O) groups excluding carboxylic acids is 2. The Morgan fingerprint density at radius 1 is 1.22 bits per heavy atom. The van der Waals surface area contributed by atoms with Gasteiger partial charge in [0.05, 0.1) is 43.0 Å². The summed E-state index contributed by atoms with van der Waals surface area (Å²) in [5.74, 6) is -2.00. The molecule has 1 aromatic rings. The van der Waals surface area contributed by atoms with Gasteiger partial charge >= 0.3 is 11.9 Å². The maximum Gasteiger partial charge on any atom is 0.338 e. The molecule has 2 fully saturated rings. The van der Waals surface area contributed by atoms with E-state index in [-0.39, 0.29) is 49.1 Å². The number of aliphatic hydroxyl groups is 1. The highest BCUT2D eigenvalue weighted by molar-refractivity contribution is 9.09. The predicted molar refractivity (Wildman–Crippen MR) is 101 cm³/mol. The standard InChI is InChI=1S/C20H25BrO6/c1-3-25-20(24)15-11(2)17-18(27-17)16(14(22)9-21)13(15)10-26-19(23)12-7-5-4-6-8-12/h4-8,11,13-18,22H,3,9-10H2,1-2H3/t11-,13-,14-,15+,16+,17-,18+/m0/s1. The number of ether oxygens (including phenoxy) is 3. The number of hydrogen-bond donors (Lipinski definition) is 1. The molecule has 0 amide bonds. The van der Waals surface area contributed by atoms with Gasteiger partial charge in [-0.05, 0) is 25.0 Å². The lowest BCUT2D eigenvalue weighted by Gasteiger charge is -2.39. The van der Waals surface area contributed by atoms with Crippen LogP contribution in [0.25, 0.3) is 0 Å². The van der Waals surface area contributed by atoms with Crippen LogP contribution in [0.15, 0.2) is 30.3 Å². The van der Waals surface area contributed by atoms with Crippen molar-refractivity contribution in [3.63, 3.8) is 0 Å². The Balaban J connectivity index is 1.80. The first kappa shape index (κ1) is 20.3. The van der Waals surface area contributed by atoms with Crippen LogP contribution >= 0.6 is 15.9 Å². The molecule has 1 saturated carbocycles. The summed E-state index contributed by atoms with van der Waals surface area (Å²) in [6, 6.07) is 8.71. The van der Waals surface area contributed by atoms with Crippen LogP contribution in [0, 0.1) is 23.7 Å². The van der Waals surface area contributed by atoms with Gasteiger partial charge < -0.3 is 19.3 Å². The Morgan fingerprint density at radius 3 is 2.56 bits per heavy atom. The van der Waals surface area contributed by atoms with Gasteiger partial charge in [-0.25, -0.2) is 4.79 Å². The van der Waals surface area contributed by atoms with E-state index in [2.05, 4.69) is 15.9 Å². The van der Waals surface area contributed by atoms with Crippen LogP contribution in [0.1, 0.15) is 24.2 Å². The lowest BCUT2D eigenvalue weighted by atomic mass is 9.66. The highest BCUT2D eigenvalue weighted by Gasteiger charge is 2.62. The molecule has 0 spiro atoms. The molecule has 1 aliphatic carbocycles. The third-order valence-electron chi connectivity index (χ3n) is 5.56. The maximum absolute atomic E-state index is 12.6. The summed E-state index contributed by atoms with van der Waals surface area (Å²) in [5, 5.41) is 10.9. The zero-order valence-electron chi connectivity index (χ0n) is 15.4. The normalized spacial score (nSPS) is 32.9. The molecule has 1 aromatic carbocycles. The summed E-state index contributed by atoms with van der Waals surface area (Å²) in [5.41, 5.74) is 0.451. The van der Waals surface area contributed by atoms with Crippen molar-refractivity contribution in [2.75, 3.05) is 18.5 Å². The van der Waals surface area contributed by atoms with E-state index in [1.54, 1.807) is 31.2 Å². The monoisotopic (exact) mass is 440 g/mol. The molecule has 1 saturated heterocycles. The van der Waals surface area contributed by atoms with Crippen LogP contribution in [-0.2, 0) is 19.0 Å².